The zero-order valence-corrected chi connectivity index (χ0v) is 12.2. The first-order valence-electron chi connectivity index (χ1n) is 7.19. The second-order valence-electron chi connectivity index (χ2n) is 5.76. The van der Waals surface area contributed by atoms with Crippen molar-refractivity contribution in [3.8, 4) is 0 Å². The summed E-state index contributed by atoms with van der Waals surface area (Å²) >= 11 is 0. The highest BCUT2D eigenvalue weighted by Gasteiger charge is 2.41. The Kier molecular flexibility index (Phi) is 6.47. The van der Waals surface area contributed by atoms with E-state index in [0.29, 0.717) is 17.3 Å². The van der Waals surface area contributed by atoms with E-state index in [9.17, 15) is 0 Å². The fraction of sp³-hybridized carbons (Fsp3) is 0.929. The van der Waals surface area contributed by atoms with Crippen molar-refractivity contribution in [1.82, 2.24) is 5.32 Å². The zero-order chi connectivity index (χ0) is 13.4. The van der Waals surface area contributed by atoms with E-state index in [1.165, 1.54) is 12.8 Å². The number of guanidine groups is 1. The van der Waals surface area contributed by atoms with Crippen molar-refractivity contribution in [2.75, 3.05) is 26.3 Å². The van der Waals surface area contributed by atoms with Gasteiger partial charge in [-0.1, -0.05) is 13.8 Å². The minimum absolute atomic E-state index is 0.388. The lowest BCUT2D eigenvalue weighted by molar-refractivity contribution is 0.129. The molecule has 0 saturated heterocycles. The molecule has 0 heterocycles. The van der Waals surface area contributed by atoms with Gasteiger partial charge < -0.3 is 15.8 Å². The van der Waals surface area contributed by atoms with Gasteiger partial charge in [-0.2, -0.15) is 0 Å². The summed E-state index contributed by atoms with van der Waals surface area (Å²) in [6.07, 6.45) is 4.78. The van der Waals surface area contributed by atoms with Crippen molar-refractivity contribution in [3.05, 3.63) is 0 Å². The third-order valence-electron chi connectivity index (χ3n) is 3.55. The minimum atomic E-state index is 0.388. The Balaban J connectivity index is 2.17. The maximum absolute atomic E-state index is 5.86. The molecule has 0 radical (unpaired) electrons. The Bertz CT molecular complexity index is 260. The lowest BCUT2D eigenvalue weighted by Crippen LogP contribution is -2.33. The maximum atomic E-state index is 5.86. The van der Waals surface area contributed by atoms with Crippen LogP contribution >= 0.6 is 0 Å². The molecule has 0 aromatic heterocycles. The van der Waals surface area contributed by atoms with Gasteiger partial charge in [-0.3, -0.25) is 4.99 Å². The van der Waals surface area contributed by atoms with E-state index < -0.39 is 0 Å². The van der Waals surface area contributed by atoms with Crippen LogP contribution in [0.1, 0.15) is 46.5 Å². The van der Waals surface area contributed by atoms with Gasteiger partial charge in [-0.15, -0.1) is 0 Å². The fourth-order valence-electron chi connectivity index (χ4n) is 1.89. The molecule has 0 amide bonds. The topological polar surface area (TPSA) is 59.6 Å². The molecule has 106 valence electrons. The third-order valence-corrected chi connectivity index (χ3v) is 3.55. The first-order valence-corrected chi connectivity index (χ1v) is 7.19. The molecule has 1 aliphatic carbocycles. The van der Waals surface area contributed by atoms with Crippen LogP contribution in [-0.2, 0) is 4.74 Å². The van der Waals surface area contributed by atoms with Gasteiger partial charge in [-0.25, -0.2) is 0 Å². The summed E-state index contributed by atoms with van der Waals surface area (Å²) < 4.78 is 5.41. The Labute approximate surface area is 111 Å². The van der Waals surface area contributed by atoms with Gasteiger partial charge in [0.05, 0.1) is 0 Å². The highest BCUT2D eigenvalue weighted by Crippen LogP contribution is 2.48. The van der Waals surface area contributed by atoms with Crippen molar-refractivity contribution >= 4 is 5.96 Å². The predicted molar refractivity (Wildman–Crippen MR) is 76.7 cm³/mol. The van der Waals surface area contributed by atoms with Crippen LogP contribution in [0, 0.1) is 11.3 Å². The number of ether oxygens (including phenoxy) is 1. The van der Waals surface area contributed by atoms with Gasteiger partial charge in [0.2, 0.25) is 0 Å². The molecule has 1 aliphatic rings. The highest BCUT2D eigenvalue weighted by molar-refractivity contribution is 5.77. The summed E-state index contributed by atoms with van der Waals surface area (Å²) in [6.45, 7) is 9.88. The van der Waals surface area contributed by atoms with Crippen LogP contribution in [0.5, 0.6) is 0 Å². The predicted octanol–water partition coefficient (Wildman–Crippen LogP) is 2.14. The van der Waals surface area contributed by atoms with Crippen molar-refractivity contribution in [1.29, 1.82) is 0 Å². The van der Waals surface area contributed by atoms with Crippen molar-refractivity contribution in [2.24, 2.45) is 22.1 Å². The average molecular weight is 255 g/mol. The van der Waals surface area contributed by atoms with E-state index in [-0.39, 0.29) is 0 Å². The third kappa shape index (κ3) is 6.24. The van der Waals surface area contributed by atoms with E-state index >= 15 is 0 Å². The number of rotatable bonds is 9. The number of aliphatic imine (C=N–C) groups is 1. The first-order chi connectivity index (χ1) is 8.58. The van der Waals surface area contributed by atoms with E-state index in [1.54, 1.807) is 0 Å². The smallest absolute Gasteiger partial charge is 0.188 e. The molecule has 4 heteroatoms. The van der Waals surface area contributed by atoms with Crippen molar-refractivity contribution < 1.29 is 4.74 Å². The standard InChI is InChI=1S/C14H29N3O/c1-4-18-10-8-14(6-7-14)11-17-13(15)16-9-5-12(2)3/h12H,4-11H2,1-3H3,(H3,15,16,17). The first kappa shape index (κ1) is 15.3. The number of nitrogens with zero attached hydrogens (tertiary/aromatic N) is 1. The summed E-state index contributed by atoms with van der Waals surface area (Å²) in [4.78, 5) is 4.46. The van der Waals surface area contributed by atoms with Gasteiger partial charge in [0.1, 0.15) is 0 Å². The van der Waals surface area contributed by atoms with Gasteiger partial charge >= 0.3 is 0 Å². The Morgan fingerprint density at radius 3 is 2.72 bits per heavy atom. The molecule has 3 N–H and O–H groups in total. The molecule has 0 atom stereocenters. The minimum Gasteiger partial charge on any atom is -0.382 e. The second-order valence-corrected chi connectivity index (χ2v) is 5.76. The quantitative estimate of drug-likeness (QED) is 0.377. The Morgan fingerprint density at radius 2 is 2.17 bits per heavy atom. The van der Waals surface area contributed by atoms with Gasteiger partial charge in [0, 0.05) is 26.3 Å². The van der Waals surface area contributed by atoms with Crippen LogP contribution in [0.2, 0.25) is 0 Å². The molecule has 0 aromatic carbocycles. The van der Waals surface area contributed by atoms with Gasteiger partial charge in [0.25, 0.3) is 0 Å². The molecule has 1 fully saturated rings. The Morgan fingerprint density at radius 1 is 1.44 bits per heavy atom. The molecule has 1 saturated carbocycles. The lowest BCUT2D eigenvalue weighted by Gasteiger charge is -2.13. The van der Waals surface area contributed by atoms with Gasteiger partial charge in [0.15, 0.2) is 5.96 Å². The SMILES string of the molecule is CCOCCC1(CN=C(N)NCCC(C)C)CC1. The van der Waals surface area contributed by atoms with Crippen LogP contribution in [0.4, 0.5) is 0 Å². The normalized spacial score (nSPS) is 18.1. The van der Waals surface area contributed by atoms with Crippen LogP contribution in [0.3, 0.4) is 0 Å². The molecular weight excluding hydrogens is 226 g/mol. The van der Waals surface area contributed by atoms with E-state index in [2.05, 4.69) is 24.2 Å². The van der Waals surface area contributed by atoms with Crippen LogP contribution in [0.15, 0.2) is 4.99 Å². The molecular formula is C14H29N3O. The molecule has 0 aliphatic heterocycles. The molecule has 1 rings (SSSR count). The average Bonchev–Trinajstić information content (AvgIpc) is 3.07. The summed E-state index contributed by atoms with van der Waals surface area (Å²) in [5.74, 6) is 1.30. The maximum Gasteiger partial charge on any atom is 0.188 e. The second kappa shape index (κ2) is 7.62. The van der Waals surface area contributed by atoms with Crippen molar-refractivity contribution in [3.63, 3.8) is 0 Å². The molecule has 0 spiro atoms. The molecule has 18 heavy (non-hydrogen) atoms. The number of hydrogen-bond donors (Lipinski definition) is 2. The zero-order valence-electron chi connectivity index (χ0n) is 12.2. The van der Waals surface area contributed by atoms with Crippen LogP contribution in [0.25, 0.3) is 0 Å². The van der Waals surface area contributed by atoms with Crippen LogP contribution in [-0.4, -0.2) is 32.3 Å². The number of nitrogens with one attached hydrogen (secondary N) is 1. The Hall–Kier alpha value is -0.770. The highest BCUT2D eigenvalue weighted by atomic mass is 16.5. The molecule has 4 nitrogen and oxygen atoms in total. The lowest BCUT2D eigenvalue weighted by atomic mass is 10.0. The number of nitrogens with two attached hydrogens (primary N) is 1. The summed E-state index contributed by atoms with van der Waals surface area (Å²) in [7, 11) is 0. The van der Waals surface area contributed by atoms with Crippen molar-refractivity contribution in [2.45, 2.75) is 46.5 Å². The summed E-state index contributed by atoms with van der Waals surface area (Å²) in [5.41, 5.74) is 6.25. The van der Waals surface area contributed by atoms with E-state index in [4.69, 9.17) is 10.5 Å². The van der Waals surface area contributed by atoms with E-state index in [1.807, 2.05) is 6.92 Å². The summed E-state index contributed by atoms with van der Waals surface area (Å²) in [6, 6.07) is 0. The molecule has 0 bridgehead atoms. The number of hydrogen-bond acceptors (Lipinski definition) is 2. The molecule has 0 unspecified atom stereocenters. The fourth-order valence-corrected chi connectivity index (χ4v) is 1.89. The summed E-state index contributed by atoms with van der Waals surface area (Å²) in [5, 5.41) is 3.18. The van der Waals surface area contributed by atoms with E-state index in [0.717, 1.165) is 39.1 Å². The monoisotopic (exact) mass is 255 g/mol. The van der Waals surface area contributed by atoms with Crippen LogP contribution < -0.4 is 11.1 Å². The van der Waals surface area contributed by atoms with Gasteiger partial charge in [-0.05, 0) is 43.9 Å². The largest absolute Gasteiger partial charge is 0.382 e. The molecule has 0 aromatic rings.